The number of aromatic nitrogens is 4. The molecule has 124 valence electrons. The zero-order valence-corrected chi connectivity index (χ0v) is 13.3. The highest BCUT2D eigenvalue weighted by Gasteiger charge is 2.11. The molecule has 1 aromatic carbocycles. The zero-order valence-electron chi connectivity index (χ0n) is 13.3. The normalized spacial score (nSPS) is 10.7. The summed E-state index contributed by atoms with van der Waals surface area (Å²) in [6.45, 7) is 1.07. The molecule has 0 radical (unpaired) electrons. The van der Waals surface area contributed by atoms with E-state index < -0.39 is 0 Å². The fourth-order valence-electron chi connectivity index (χ4n) is 2.26. The highest BCUT2D eigenvalue weighted by atomic mass is 16.5. The summed E-state index contributed by atoms with van der Waals surface area (Å²) < 4.78 is 6.63. The minimum atomic E-state index is -0.130. The van der Waals surface area contributed by atoms with E-state index in [0.29, 0.717) is 24.6 Å². The third kappa shape index (κ3) is 3.49. The Bertz CT molecular complexity index is 818. The van der Waals surface area contributed by atoms with Crippen LogP contribution in [0.25, 0.3) is 16.7 Å². The number of carbonyl (C=O) groups is 1. The maximum atomic E-state index is 11.8. The lowest BCUT2D eigenvalue weighted by Crippen LogP contribution is -2.32. The minimum Gasteiger partial charge on any atom is -0.383 e. The van der Waals surface area contributed by atoms with Gasteiger partial charge in [-0.1, -0.05) is 18.2 Å². The highest BCUT2D eigenvalue weighted by Crippen LogP contribution is 2.21. The first-order valence-corrected chi connectivity index (χ1v) is 7.53. The van der Waals surface area contributed by atoms with Crippen LogP contribution in [0, 0.1) is 0 Å². The molecule has 0 spiro atoms. The van der Waals surface area contributed by atoms with Gasteiger partial charge in [-0.2, -0.15) is 5.10 Å². The van der Waals surface area contributed by atoms with Crippen LogP contribution < -0.4 is 10.6 Å². The number of hydrogen-bond acceptors (Lipinski definition) is 6. The highest BCUT2D eigenvalue weighted by molar-refractivity contribution is 5.89. The van der Waals surface area contributed by atoms with E-state index in [1.54, 1.807) is 18.0 Å². The number of amides is 1. The topological polar surface area (TPSA) is 94.0 Å². The average molecular weight is 326 g/mol. The van der Waals surface area contributed by atoms with Crippen LogP contribution >= 0.6 is 0 Å². The molecule has 0 bridgehead atoms. The molecule has 0 aliphatic rings. The summed E-state index contributed by atoms with van der Waals surface area (Å²) in [7, 11) is 1.59. The van der Waals surface area contributed by atoms with Crippen molar-refractivity contribution in [3.05, 3.63) is 42.9 Å². The number of benzene rings is 1. The van der Waals surface area contributed by atoms with Gasteiger partial charge in [-0.3, -0.25) is 4.79 Å². The van der Waals surface area contributed by atoms with Gasteiger partial charge in [0.15, 0.2) is 5.65 Å². The molecule has 2 heterocycles. The van der Waals surface area contributed by atoms with Gasteiger partial charge in [0.25, 0.3) is 0 Å². The molecule has 24 heavy (non-hydrogen) atoms. The lowest BCUT2D eigenvalue weighted by Gasteiger charge is -2.07. The fraction of sp³-hybridized carbons (Fsp3) is 0.250. The number of nitrogens with one attached hydrogen (secondary N) is 2. The average Bonchev–Trinajstić information content (AvgIpc) is 3.05. The van der Waals surface area contributed by atoms with Crippen LogP contribution in [-0.4, -0.2) is 52.5 Å². The largest absolute Gasteiger partial charge is 0.383 e. The van der Waals surface area contributed by atoms with E-state index in [4.69, 9.17) is 4.74 Å². The first kappa shape index (κ1) is 15.9. The Morgan fingerprint density at radius 1 is 1.25 bits per heavy atom. The monoisotopic (exact) mass is 326 g/mol. The van der Waals surface area contributed by atoms with E-state index in [1.165, 1.54) is 6.33 Å². The van der Waals surface area contributed by atoms with Crippen LogP contribution in [0.5, 0.6) is 0 Å². The van der Waals surface area contributed by atoms with Crippen molar-refractivity contribution in [1.82, 2.24) is 25.1 Å². The van der Waals surface area contributed by atoms with Crippen molar-refractivity contribution in [3.63, 3.8) is 0 Å². The lowest BCUT2D eigenvalue weighted by molar-refractivity contribution is -0.119. The molecule has 0 saturated heterocycles. The zero-order chi connectivity index (χ0) is 16.8. The van der Waals surface area contributed by atoms with Gasteiger partial charge in [-0.05, 0) is 12.1 Å². The summed E-state index contributed by atoms with van der Waals surface area (Å²) >= 11 is 0. The molecule has 0 aliphatic carbocycles. The molecular weight excluding hydrogens is 308 g/mol. The maximum absolute atomic E-state index is 11.8. The summed E-state index contributed by atoms with van der Waals surface area (Å²) in [5, 5.41) is 10.9. The summed E-state index contributed by atoms with van der Waals surface area (Å²) in [5.41, 5.74) is 1.59. The number of rotatable bonds is 7. The maximum Gasteiger partial charge on any atom is 0.239 e. The summed E-state index contributed by atoms with van der Waals surface area (Å²) in [5.74, 6) is 0.443. The third-order valence-corrected chi connectivity index (χ3v) is 3.41. The predicted molar refractivity (Wildman–Crippen MR) is 90.0 cm³/mol. The molecule has 2 N–H and O–H groups in total. The van der Waals surface area contributed by atoms with E-state index in [0.717, 1.165) is 11.1 Å². The van der Waals surface area contributed by atoms with Crippen molar-refractivity contribution >= 4 is 22.8 Å². The standard InChI is InChI=1S/C16H18N6O2/c1-24-8-7-17-14(23)10-18-15-13-9-21-22(16(13)20-11-19-15)12-5-3-2-4-6-12/h2-6,9,11H,7-8,10H2,1H3,(H,17,23)(H,18,19,20). The van der Waals surface area contributed by atoms with Crippen molar-refractivity contribution in [2.24, 2.45) is 0 Å². The van der Waals surface area contributed by atoms with Gasteiger partial charge in [0.2, 0.25) is 5.91 Å². The second kappa shape index (κ2) is 7.51. The number of anilines is 1. The number of fused-ring (bicyclic) bond motifs is 1. The molecule has 0 aliphatic heterocycles. The van der Waals surface area contributed by atoms with E-state index >= 15 is 0 Å². The second-order valence-electron chi connectivity index (χ2n) is 5.05. The van der Waals surface area contributed by atoms with Crippen LogP contribution in [-0.2, 0) is 9.53 Å². The summed E-state index contributed by atoms with van der Waals surface area (Å²) in [6, 6.07) is 9.72. The summed E-state index contributed by atoms with van der Waals surface area (Å²) in [6.07, 6.45) is 3.14. The molecule has 0 fully saturated rings. The molecule has 8 heteroatoms. The van der Waals surface area contributed by atoms with Crippen molar-refractivity contribution < 1.29 is 9.53 Å². The molecule has 3 rings (SSSR count). The number of hydrogen-bond donors (Lipinski definition) is 2. The van der Waals surface area contributed by atoms with E-state index in [-0.39, 0.29) is 12.5 Å². The molecule has 3 aromatic rings. The Morgan fingerprint density at radius 2 is 2.08 bits per heavy atom. The Kier molecular flexibility index (Phi) is 4.97. The van der Waals surface area contributed by atoms with Gasteiger partial charge in [0.05, 0.1) is 30.4 Å². The van der Waals surface area contributed by atoms with Crippen molar-refractivity contribution in [2.75, 3.05) is 32.1 Å². The van der Waals surface area contributed by atoms with Gasteiger partial charge < -0.3 is 15.4 Å². The number of ether oxygens (including phenoxy) is 1. The van der Waals surface area contributed by atoms with Crippen LogP contribution in [0.3, 0.4) is 0 Å². The SMILES string of the molecule is COCCNC(=O)CNc1ncnc2c1cnn2-c1ccccc1. The number of nitrogens with zero attached hydrogens (tertiary/aromatic N) is 4. The Balaban J connectivity index is 1.76. The van der Waals surface area contributed by atoms with Crippen LogP contribution in [0.2, 0.25) is 0 Å². The number of methoxy groups -OCH3 is 1. The molecule has 0 unspecified atom stereocenters. The summed E-state index contributed by atoms with van der Waals surface area (Å²) in [4.78, 5) is 20.3. The molecular formula is C16H18N6O2. The van der Waals surface area contributed by atoms with Crippen LogP contribution in [0.4, 0.5) is 5.82 Å². The fourth-order valence-corrected chi connectivity index (χ4v) is 2.26. The van der Waals surface area contributed by atoms with Gasteiger partial charge in [0, 0.05) is 13.7 Å². The molecule has 0 saturated carbocycles. The first-order chi connectivity index (χ1) is 11.8. The van der Waals surface area contributed by atoms with Crippen LogP contribution in [0.1, 0.15) is 0 Å². The Labute approximate surface area is 138 Å². The van der Waals surface area contributed by atoms with Gasteiger partial charge >= 0.3 is 0 Å². The quantitative estimate of drug-likeness (QED) is 0.629. The van der Waals surface area contributed by atoms with E-state index in [2.05, 4.69) is 25.7 Å². The van der Waals surface area contributed by atoms with Crippen molar-refractivity contribution in [1.29, 1.82) is 0 Å². The molecule has 8 nitrogen and oxygen atoms in total. The predicted octanol–water partition coefficient (Wildman–Crippen LogP) is 0.990. The van der Waals surface area contributed by atoms with Gasteiger partial charge in [-0.15, -0.1) is 0 Å². The van der Waals surface area contributed by atoms with Gasteiger partial charge in [-0.25, -0.2) is 14.6 Å². The van der Waals surface area contributed by atoms with Crippen molar-refractivity contribution in [3.8, 4) is 5.69 Å². The minimum absolute atomic E-state index is 0.117. The van der Waals surface area contributed by atoms with Crippen molar-refractivity contribution in [2.45, 2.75) is 0 Å². The molecule has 0 atom stereocenters. The second-order valence-corrected chi connectivity index (χ2v) is 5.05. The van der Waals surface area contributed by atoms with E-state index in [1.807, 2.05) is 30.3 Å². The smallest absolute Gasteiger partial charge is 0.239 e. The molecule has 1 amide bonds. The lowest BCUT2D eigenvalue weighted by atomic mass is 10.3. The molecule has 2 aromatic heterocycles. The number of carbonyl (C=O) groups excluding carboxylic acids is 1. The Morgan fingerprint density at radius 3 is 2.88 bits per heavy atom. The first-order valence-electron chi connectivity index (χ1n) is 7.53. The number of para-hydroxylation sites is 1. The Hall–Kier alpha value is -3.00. The third-order valence-electron chi connectivity index (χ3n) is 3.41. The van der Waals surface area contributed by atoms with Gasteiger partial charge in [0.1, 0.15) is 12.1 Å². The van der Waals surface area contributed by atoms with E-state index in [9.17, 15) is 4.79 Å². The van der Waals surface area contributed by atoms with Crippen LogP contribution in [0.15, 0.2) is 42.9 Å².